The van der Waals surface area contributed by atoms with E-state index in [4.69, 9.17) is 4.74 Å². The molecule has 1 aliphatic carbocycles. The first-order valence-electron chi connectivity index (χ1n) is 9.83. The Morgan fingerprint density at radius 1 is 1.29 bits per heavy atom. The molecule has 0 bridgehead atoms. The van der Waals surface area contributed by atoms with Gasteiger partial charge in [-0.05, 0) is 44.7 Å². The van der Waals surface area contributed by atoms with Crippen molar-refractivity contribution in [2.45, 2.75) is 51.6 Å². The summed E-state index contributed by atoms with van der Waals surface area (Å²) >= 11 is 0. The first-order chi connectivity index (χ1) is 13.5. The Kier molecular flexibility index (Phi) is 4.83. The molecule has 2 amide bonds. The standard InChI is InChI=1S/C21H26N4O3/c1-13-4-7-18-19(25(13)14(2)26)9-8-17(21(18)28-12-20(27)22-3)15-10-23-24(11-15)16-5-6-16/h8-11,13,16H,4-7,12H2,1-3H3,(H,22,27)/t13-/m0/s1. The van der Waals surface area contributed by atoms with E-state index in [2.05, 4.69) is 17.3 Å². The lowest BCUT2D eigenvalue weighted by atomic mass is 9.92. The van der Waals surface area contributed by atoms with Gasteiger partial charge in [-0.1, -0.05) is 0 Å². The number of fused-ring (bicyclic) bond motifs is 1. The Morgan fingerprint density at radius 2 is 2.07 bits per heavy atom. The van der Waals surface area contributed by atoms with Gasteiger partial charge in [0.1, 0.15) is 5.75 Å². The zero-order valence-electron chi connectivity index (χ0n) is 16.6. The molecule has 1 atom stereocenters. The maximum Gasteiger partial charge on any atom is 0.257 e. The number of likely N-dealkylation sites (N-methyl/N-ethyl adjacent to an activating group) is 1. The van der Waals surface area contributed by atoms with Crippen LogP contribution in [-0.2, 0) is 16.0 Å². The molecule has 1 saturated carbocycles. The highest BCUT2D eigenvalue weighted by atomic mass is 16.5. The van der Waals surface area contributed by atoms with E-state index in [1.165, 1.54) is 0 Å². The van der Waals surface area contributed by atoms with Crippen molar-refractivity contribution in [3.8, 4) is 16.9 Å². The molecule has 7 heteroatoms. The second-order valence-electron chi connectivity index (χ2n) is 7.62. The van der Waals surface area contributed by atoms with Crippen LogP contribution in [-0.4, -0.2) is 41.3 Å². The Hall–Kier alpha value is -2.83. The molecule has 2 aliphatic rings. The Labute approximate surface area is 164 Å². The van der Waals surface area contributed by atoms with Crippen LogP contribution in [0.1, 0.15) is 44.7 Å². The fourth-order valence-corrected chi connectivity index (χ4v) is 3.90. The topological polar surface area (TPSA) is 76.5 Å². The van der Waals surface area contributed by atoms with Crippen molar-refractivity contribution in [3.63, 3.8) is 0 Å². The van der Waals surface area contributed by atoms with E-state index in [1.807, 2.05) is 34.1 Å². The number of carbonyl (C=O) groups excluding carboxylic acids is 2. The molecule has 28 heavy (non-hydrogen) atoms. The molecule has 2 aromatic rings. The van der Waals surface area contributed by atoms with Gasteiger partial charge in [-0.25, -0.2) is 0 Å². The zero-order valence-corrected chi connectivity index (χ0v) is 16.6. The lowest BCUT2D eigenvalue weighted by molar-refractivity contribution is -0.122. The van der Waals surface area contributed by atoms with E-state index in [1.54, 1.807) is 14.0 Å². The van der Waals surface area contributed by atoms with E-state index < -0.39 is 0 Å². The van der Waals surface area contributed by atoms with Crippen molar-refractivity contribution < 1.29 is 14.3 Å². The van der Waals surface area contributed by atoms with Gasteiger partial charge in [0.05, 0.1) is 17.9 Å². The molecule has 1 fully saturated rings. The SMILES string of the molecule is CNC(=O)COc1c(-c2cnn(C3CC3)c2)ccc2c1CC[C@H](C)N2C(C)=O. The molecular weight excluding hydrogens is 356 g/mol. The predicted octanol–water partition coefficient (Wildman–Crippen LogP) is 2.70. The second kappa shape index (κ2) is 7.30. The molecule has 1 N–H and O–H groups in total. The number of hydrogen-bond acceptors (Lipinski definition) is 4. The summed E-state index contributed by atoms with van der Waals surface area (Å²) in [6.45, 7) is 3.58. The summed E-state index contributed by atoms with van der Waals surface area (Å²) < 4.78 is 8.01. The number of amides is 2. The van der Waals surface area contributed by atoms with E-state index in [-0.39, 0.29) is 24.5 Å². The molecule has 0 saturated heterocycles. The minimum Gasteiger partial charge on any atom is -0.483 e. The van der Waals surface area contributed by atoms with Crippen LogP contribution in [0.25, 0.3) is 11.1 Å². The van der Waals surface area contributed by atoms with E-state index >= 15 is 0 Å². The van der Waals surface area contributed by atoms with Gasteiger partial charge in [-0.2, -0.15) is 5.10 Å². The van der Waals surface area contributed by atoms with Crippen molar-refractivity contribution in [1.29, 1.82) is 0 Å². The molecule has 1 aromatic carbocycles. The van der Waals surface area contributed by atoms with E-state index in [0.29, 0.717) is 11.8 Å². The average Bonchev–Trinajstić information content (AvgIpc) is 3.42. The Balaban J connectivity index is 1.78. The summed E-state index contributed by atoms with van der Waals surface area (Å²) in [6.07, 6.45) is 7.87. The minimum atomic E-state index is -0.190. The van der Waals surface area contributed by atoms with E-state index in [9.17, 15) is 9.59 Å². The van der Waals surface area contributed by atoms with Crippen LogP contribution >= 0.6 is 0 Å². The third kappa shape index (κ3) is 3.37. The first kappa shape index (κ1) is 18.5. The number of carbonyl (C=O) groups is 2. The van der Waals surface area contributed by atoms with Gasteiger partial charge in [0, 0.05) is 42.9 Å². The van der Waals surface area contributed by atoms with Crippen LogP contribution < -0.4 is 15.0 Å². The number of aromatic nitrogens is 2. The molecule has 2 heterocycles. The minimum absolute atomic E-state index is 0.0139. The summed E-state index contributed by atoms with van der Waals surface area (Å²) in [4.78, 5) is 25.9. The van der Waals surface area contributed by atoms with Crippen LogP contribution in [0, 0.1) is 0 Å². The van der Waals surface area contributed by atoms with Crippen LogP contribution in [0.3, 0.4) is 0 Å². The number of hydrogen-bond donors (Lipinski definition) is 1. The van der Waals surface area contributed by atoms with Crippen LogP contribution in [0.2, 0.25) is 0 Å². The quantitative estimate of drug-likeness (QED) is 0.863. The molecular formula is C21H26N4O3. The van der Waals surface area contributed by atoms with Gasteiger partial charge >= 0.3 is 0 Å². The average molecular weight is 382 g/mol. The third-order valence-electron chi connectivity index (χ3n) is 5.55. The van der Waals surface area contributed by atoms with Crippen molar-refractivity contribution in [2.24, 2.45) is 0 Å². The number of rotatable bonds is 5. The molecule has 7 nitrogen and oxygen atoms in total. The summed E-state index contributed by atoms with van der Waals surface area (Å²) in [5, 5.41) is 7.08. The highest BCUT2D eigenvalue weighted by Crippen LogP contribution is 2.43. The van der Waals surface area contributed by atoms with E-state index in [0.717, 1.165) is 48.1 Å². The largest absolute Gasteiger partial charge is 0.483 e. The molecule has 1 aliphatic heterocycles. The highest BCUT2D eigenvalue weighted by Gasteiger charge is 2.31. The number of nitrogens with zero attached hydrogens (tertiary/aromatic N) is 3. The number of nitrogens with one attached hydrogen (secondary N) is 1. The third-order valence-corrected chi connectivity index (χ3v) is 5.55. The monoisotopic (exact) mass is 382 g/mol. The lowest BCUT2D eigenvalue weighted by Crippen LogP contribution is -2.41. The van der Waals surface area contributed by atoms with Crippen molar-refractivity contribution in [2.75, 3.05) is 18.6 Å². The molecule has 1 aromatic heterocycles. The first-order valence-corrected chi connectivity index (χ1v) is 9.83. The van der Waals surface area contributed by atoms with Gasteiger partial charge in [0.15, 0.2) is 6.61 Å². The van der Waals surface area contributed by atoms with Crippen LogP contribution in [0.4, 0.5) is 5.69 Å². The maximum atomic E-state index is 12.2. The smallest absolute Gasteiger partial charge is 0.257 e. The Bertz CT molecular complexity index is 916. The summed E-state index contributed by atoms with van der Waals surface area (Å²) in [6, 6.07) is 4.60. The maximum absolute atomic E-state index is 12.2. The van der Waals surface area contributed by atoms with Gasteiger partial charge in [0.2, 0.25) is 5.91 Å². The van der Waals surface area contributed by atoms with Gasteiger partial charge in [-0.15, -0.1) is 0 Å². The van der Waals surface area contributed by atoms with Crippen LogP contribution in [0.15, 0.2) is 24.5 Å². The Morgan fingerprint density at radius 3 is 2.75 bits per heavy atom. The molecule has 0 unspecified atom stereocenters. The van der Waals surface area contributed by atoms with Crippen molar-refractivity contribution in [1.82, 2.24) is 15.1 Å². The number of benzene rings is 1. The van der Waals surface area contributed by atoms with Crippen LogP contribution in [0.5, 0.6) is 5.75 Å². The van der Waals surface area contributed by atoms with Gasteiger partial charge < -0.3 is 15.0 Å². The van der Waals surface area contributed by atoms with Crippen molar-refractivity contribution >= 4 is 17.5 Å². The molecule has 0 spiro atoms. The molecule has 4 rings (SSSR count). The second-order valence-corrected chi connectivity index (χ2v) is 7.62. The zero-order chi connectivity index (χ0) is 19.8. The molecule has 0 radical (unpaired) electrons. The summed E-state index contributed by atoms with van der Waals surface area (Å²) in [7, 11) is 1.59. The number of anilines is 1. The fraction of sp³-hybridized carbons (Fsp3) is 0.476. The van der Waals surface area contributed by atoms with Crippen molar-refractivity contribution in [3.05, 3.63) is 30.1 Å². The summed E-state index contributed by atoms with van der Waals surface area (Å²) in [5.41, 5.74) is 3.73. The highest BCUT2D eigenvalue weighted by molar-refractivity contribution is 5.95. The summed E-state index contributed by atoms with van der Waals surface area (Å²) in [5.74, 6) is 0.499. The van der Waals surface area contributed by atoms with Gasteiger partial charge in [0.25, 0.3) is 5.91 Å². The normalized spacial score (nSPS) is 18.5. The lowest BCUT2D eigenvalue weighted by Gasteiger charge is -2.36. The number of ether oxygens (including phenoxy) is 1. The van der Waals surface area contributed by atoms with Gasteiger partial charge in [-0.3, -0.25) is 14.3 Å². The predicted molar refractivity (Wildman–Crippen MR) is 106 cm³/mol. The fourth-order valence-electron chi connectivity index (χ4n) is 3.90. The molecule has 148 valence electrons.